The highest BCUT2D eigenvalue weighted by Gasteiger charge is 2.70. The van der Waals surface area contributed by atoms with Crippen LogP contribution in [0.1, 0.15) is 87.0 Å². The van der Waals surface area contributed by atoms with Gasteiger partial charge in [-0.15, -0.1) is 0 Å². The molecule has 0 aromatic carbocycles. The minimum Gasteiger partial charge on any atom is -0.395 e. The lowest BCUT2D eigenvalue weighted by Gasteiger charge is -2.66. The van der Waals surface area contributed by atoms with Gasteiger partial charge in [-0.1, -0.05) is 46.3 Å². The zero-order valence-electron chi connectivity index (χ0n) is 28.6. The summed E-state index contributed by atoms with van der Waals surface area (Å²) in [5, 5.41) is 97.3. The van der Waals surface area contributed by atoms with Crippen LogP contribution in [0.2, 0.25) is 0 Å². The van der Waals surface area contributed by atoms with Gasteiger partial charge in [0.05, 0.1) is 43.2 Å². The van der Waals surface area contributed by atoms with Gasteiger partial charge in [-0.2, -0.15) is 0 Å². The molecule has 4 aliphatic carbocycles. The maximum absolute atomic E-state index is 12.1. The molecular weight excluding hydrogens is 596 g/mol. The number of hydrogen-bond acceptors (Lipinski definition) is 11. The van der Waals surface area contributed by atoms with E-state index in [1.54, 1.807) is 0 Å². The average Bonchev–Trinajstić information content (AvgIpc) is 3.18. The Morgan fingerprint density at radius 2 is 1.63 bits per heavy atom. The van der Waals surface area contributed by atoms with Gasteiger partial charge in [-0.3, -0.25) is 0 Å². The van der Waals surface area contributed by atoms with E-state index in [0.29, 0.717) is 32.1 Å². The van der Waals surface area contributed by atoms with Crippen LogP contribution in [0.15, 0.2) is 11.6 Å². The molecule has 3 saturated carbocycles. The van der Waals surface area contributed by atoms with E-state index < -0.39 is 82.4 Å². The Bertz CT molecular complexity index is 1140. The molecule has 5 rings (SSSR count). The lowest BCUT2D eigenvalue weighted by Crippen LogP contribution is -2.64. The molecule has 46 heavy (non-hydrogen) atoms. The molecule has 266 valence electrons. The zero-order chi connectivity index (χ0) is 34.4. The van der Waals surface area contributed by atoms with E-state index in [4.69, 9.17) is 9.47 Å². The van der Waals surface area contributed by atoms with E-state index in [9.17, 15) is 46.0 Å². The second kappa shape index (κ2) is 12.3. The number of rotatable bonds is 8. The maximum Gasteiger partial charge on any atom is 0.186 e. The van der Waals surface area contributed by atoms with Crippen molar-refractivity contribution in [3.05, 3.63) is 11.6 Å². The van der Waals surface area contributed by atoms with Gasteiger partial charge >= 0.3 is 0 Å². The van der Waals surface area contributed by atoms with E-state index in [1.807, 2.05) is 6.92 Å². The van der Waals surface area contributed by atoms with Crippen molar-refractivity contribution in [2.45, 2.75) is 148 Å². The average molecular weight is 657 g/mol. The Morgan fingerprint density at radius 1 is 0.978 bits per heavy atom. The second-order valence-corrected chi connectivity index (χ2v) is 17.3. The molecule has 9 N–H and O–H groups in total. The van der Waals surface area contributed by atoms with Gasteiger partial charge in [0, 0.05) is 11.3 Å². The third kappa shape index (κ3) is 5.44. The molecule has 0 bridgehead atoms. The molecule has 0 aromatic heterocycles. The van der Waals surface area contributed by atoms with E-state index >= 15 is 0 Å². The molecule has 0 aromatic rings. The van der Waals surface area contributed by atoms with Crippen molar-refractivity contribution in [2.75, 3.05) is 13.2 Å². The minimum atomic E-state index is -1.47. The number of aliphatic hydroxyl groups excluding tert-OH is 8. The summed E-state index contributed by atoms with van der Waals surface area (Å²) in [4.78, 5) is 0. The predicted molar refractivity (Wildman–Crippen MR) is 168 cm³/mol. The van der Waals surface area contributed by atoms with Crippen LogP contribution in [0, 0.1) is 45.3 Å². The summed E-state index contributed by atoms with van der Waals surface area (Å²) in [5.41, 5.74) is -2.59. The fourth-order valence-electron chi connectivity index (χ4n) is 11.2. The van der Waals surface area contributed by atoms with Crippen molar-refractivity contribution in [1.82, 2.24) is 0 Å². The molecular formula is C35H60O11. The van der Waals surface area contributed by atoms with Crippen molar-refractivity contribution in [1.29, 1.82) is 0 Å². The summed E-state index contributed by atoms with van der Waals surface area (Å²) in [7, 11) is 0. The van der Waals surface area contributed by atoms with Gasteiger partial charge in [0.1, 0.15) is 24.4 Å². The Balaban J connectivity index is 1.43. The largest absolute Gasteiger partial charge is 0.395 e. The van der Waals surface area contributed by atoms with Crippen LogP contribution in [0.3, 0.4) is 0 Å². The summed E-state index contributed by atoms with van der Waals surface area (Å²) in [6.07, 6.45) is -4.45. The smallest absolute Gasteiger partial charge is 0.186 e. The van der Waals surface area contributed by atoms with Crippen LogP contribution in [0.25, 0.3) is 0 Å². The van der Waals surface area contributed by atoms with Crippen molar-refractivity contribution in [3.8, 4) is 0 Å². The quantitative estimate of drug-likeness (QED) is 0.133. The highest BCUT2D eigenvalue weighted by Crippen LogP contribution is 2.73. The van der Waals surface area contributed by atoms with Gasteiger partial charge in [0.25, 0.3) is 0 Å². The standard InChI is InChI=1S/C35H60O11/c1-17(12-20(38)29(43)32(4,5)44)25-21(39)14-34(7)26-18(8-10-33(25,34)6)35(16-36)11-9-24(31(2,3)23(35)13-19(26)37)46-30-28(42)27(41)22(40)15-45-30/h8,17,19-30,36-44H,9-16H2,1-7H3. The lowest BCUT2D eigenvalue weighted by atomic mass is 9.40. The Hall–Kier alpha value is -0.700. The first kappa shape index (κ1) is 36.6. The molecule has 16 atom stereocenters. The summed E-state index contributed by atoms with van der Waals surface area (Å²) < 4.78 is 11.9. The Morgan fingerprint density at radius 3 is 2.24 bits per heavy atom. The topological polar surface area (TPSA) is 201 Å². The number of ether oxygens (including phenoxy) is 2. The first-order chi connectivity index (χ1) is 21.2. The first-order valence-corrected chi connectivity index (χ1v) is 17.2. The number of hydrogen-bond donors (Lipinski definition) is 9. The Labute approximate surface area is 273 Å². The summed E-state index contributed by atoms with van der Waals surface area (Å²) in [6, 6.07) is 0. The van der Waals surface area contributed by atoms with E-state index in [0.717, 1.165) is 5.57 Å². The SMILES string of the molecule is CC(CC(O)C(O)C(C)(C)O)C1C(O)CC2(C)C3C(=CCC12C)C1(CO)CCC(OC2OCC(O)C(O)C2O)C(C)(C)C1CC3O. The number of aliphatic hydroxyl groups is 9. The minimum absolute atomic E-state index is 0.105. The van der Waals surface area contributed by atoms with Crippen molar-refractivity contribution in [3.63, 3.8) is 0 Å². The van der Waals surface area contributed by atoms with Gasteiger partial charge in [0.15, 0.2) is 6.29 Å². The molecule has 11 heteroatoms. The van der Waals surface area contributed by atoms with Gasteiger partial charge in [-0.05, 0) is 86.4 Å². The molecule has 11 nitrogen and oxygen atoms in total. The van der Waals surface area contributed by atoms with Gasteiger partial charge in [0.2, 0.25) is 0 Å². The van der Waals surface area contributed by atoms with Crippen LogP contribution in [0.5, 0.6) is 0 Å². The summed E-state index contributed by atoms with van der Waals surface area (Å²) in [6.45, 7) is 13.1. The molecule has 1 saturated heterocycles. The van der Waals surface area contributed by atoms with Crippen molar-refractivity contribution < 1.29 is 55.4 Å². The van der Waals surface area contributed by atoms with Gasteiger partial charge < -0.3 is 55.4 Å². The van der Waals surface area contributed by atoms with Crippen molar-refractivity contribution in [2.24, 2.45) is 45.3 Å². The van der Waals surface area contributed by atoms with Crippen LogP contribution >= 0.6 is 0 Å². The molecule has 1 aliphatic heterocycles. The van der Waals surface area contributed by atoms with Crippen LogP contribution in [-0.4, -0.2) is 120 Å². The normalized spacial score (nSPS) is 49.3. The van der Waals surface area contributed by atoms with Crippen LogP contribution in [0.4, 0.5) is 0 Å². The third-order valence-corrected chi connectivity index (χ3v) is 13.9. The van der Waals surface area contributed by atoms with E-state index in [2.05, 4.69) is 33.8 Å². The van der Waals surface area contributed by atoms with E-state index in [-0.39, 0.29) is 43.3 Å². The Kier molecular flexibility index (Phi) is 9.75. The molecule has 0 radical (unpaired) electrons. The zero-order valence-corrected chi connectivity index (χ0v) is 28.6. The monoisotopic (exact) mass is 656 g/mol. The lowest BCUT2D eigenvalue weighted by molar-refractivity contribution is -0.304. The fourth-order valence-corrected chi connectivity index (χ4v) is 11.2. The second-order valence-electron chi connectivity index (χ2n) is 17.3. The maximum atomic E-state index is 12.1. The van der Waals surface area contributed by atoms with Crippen LogP contribution in [-0.2, 0) is 9.47 Å². The molecule has 0 amide bonds. The first-order valence-electron chi connectivity index (χ1n) is 17.2. The van der Waals surface area contributed by atoms with Crippen LogP contribution < -0.4 is 0 Å². The summed E-state index contributed by atoms with van der Waals surface area (Å²) >= 11 is 0. The highest BCUT2D eigenvalue weighted by molar-refractivity contribution is 5.36. The van der Waals surface area contributed by atoms with Crippen molar-refractivity contribution >= 4 is 0 Å². The third-order valence-electron chi connectivity index (χ3n) is 13.9. The number of allylic oxidation sites excluding steroid dienone is 1. The van der Waals surface area contributed by atoms with E-state index in [1.165, 1.54) is 13.8 Å². The predicted octanol–water partition coefficient (Wildman–Crippen LogP) is 0.849. The fraction of sp³-hybridized carbons (Fsp3) is 0.943. The molecule has 0 spiro atoms. The number of fused-ring (bicyclic) bond motifs is 5. The molecule has 4 fully saturated rings. The molecule has 16 unspecified atom stereocenters. The molecule has 1 heterocycles. The molecule has 5 aliphatic rings. The summed E-state index contributed by atoms with van der Waals surface area (Å²) in [5.74, 6) is -0.898. The highest BCUT2D eigenvalue weighted by atomic mass is 16.7. The van der Waals surface area contributed by atoms with Gasteiger partial charge in [-0.25, -0.2) is 0 Å².